The van der Waals surface area contributed by atoms with Gasteiger partial charge in [-0.25, -0.2) is 4.39 Å². The van der Waals surface area contributed by atoms with Gasteiger partial charge >= 0.3 is 0 Å². The number of carbonyl (C=O) groups excluding carboxylic acids is 1. The number of nitrogens with one attached hydrogen (secondary N) is 1. The van der Waals surface area contributed by atoms with Crippen LogP contribution in [0, 0.1) is 11.7 Å². The zero-order chi connectivity index (χ0) is 20.9. The van der Waals surface area contributed by atoms with Gasteiger partial charge in [-0.15, -0.1) is 0 Å². The van der Waals surface area contributed by atoms with Crippen LogP contribution in [-0.4, -0.2) is 41.1 Å². The molecule has 1 atom stereocenters. The lowest BCUT2D eigenvalue weighted by molar-refractivity contribution is -0.121. The van der Waals surface area contributed by atoms with Crippen molar-refractivity contribution in [2.45, 2.75) is 19.4 Å². The van der Waals surface area contributed by atoms with Crippen LogP contribution in [0.25, 0.3) is 11.4 Å². The van der Waals surface area contributed by atoms with Gasteiger partial charge in [0.15, 0.2) is 0 Å². The Bertz CT molecular complexity index is 1010. The second-order valence-electron chi connectivity index (χ2n) is 7.28. The molecule has 0 bridgehead atoms. The van der Waals surface area contributed by atoms with Crippen molar-refractivity contribution < 1.29 is 18.4 Å². The van der Waals surface area contributed by atoms with Gasteiger partial charge in [0, 0.05) is 12.1 Å². The number of hydrogen-bond acceptors (Lipinski definition) is 6. The number of methoxy groups -OCH3 is 1. The fraction of sp³-hybridized carbons (Fsp3) is 0.318. The predicted octanol–water partition coefficient (Wildman–Crippen LogP) is 3.74. The summed E-state index contributed by atoms with van der Waals surface area (Å²) in [6.45, 7) is 1.86. The first-order valence-electron chi connectivity index (χ1n) is 9.87. The Morgan fingerprint density at radius 2 is 2.07 bits per heavy atom. The maximum atomic E-state index is 13.8. The highest BCUT2D eigenvalue weighted by atomic mass is 19.1. The largest absolute Gasteiger partial charge is 0.497 e. The van der Waals surface area contributed by atoms with Crippen molar-refractivity contribution in [1.82, 2.24) is 15.0 Å². The SMILES string of the molecule is COc1ccc(-c2noc(CN3CCCC(C(=O)Nc4ccccc4F)C3)n2)cc1. The number of rotatable bonds is 6. The van der Waals surface area contributed by atoms with Crippen LogP contribution in [0.5, 0.6) is 5.75 Å². The van der Waals surface area contributed by atoms with Crippen LogP contribution in [-0.2, 0) is 11.3 Å². The minimum absolute atomic E-state index is 0.172. The molecule has 7 nitrogen and oxygen atoms in total. The van der Waals surface area contributed by atoms with Crippen LogP contribution in [0.15, 0.2) is 53.1 Å². The number of aromatic nitrogens is 2. The van der Waals surface area contributed by atoms with Crippen molar-refractivity contribution in [3.05, 3.63) is 60.2 Å². The molecule has 30 heavy (non-hydrogen) atoms. The second kappa shape index (κ2) is 9.04. The lowest BCUT2D eigenvalue weighted by Gasteiger charge is -2.30. The highest BCUT2D eigenvalue weighted by Crippen LogP contribution is 2.23. The van der Waals surface area contributed by atoms with Crippen LogP contribution in [0.4, 0.5) is 10.1 Å². The number of hydrogen-bond donors (Lipinski definition) is 1. The lowest BCUT2D eigenvalue weighted by Crippen LogP contribution is -2.40. The number of para-hydroxylation sites is 1. The van der Waals surface area contributed by atoms with Crippen LogP contribution in [0.3, 0.4) is 0 Å². The molecule has 0 saturated carbocycles. The summed E-state index contributed by atoms with van der Waals surface area (Å²) in [6, 6.07) is 13.6. The highest BCUT2D eigenvalue weighted by molar-refractivity contribution is 5.92. The molecule has 2 aromatic carbocycles. The van der Waals surface area contributed by atoms with E-state index in [1.165, 1.54) is 6.07 Å². The van der Waals surface area contributed by atoms with Crippen LogP contribution < -0.4 is 10.1 Å². The molecule has 1 aliphatic rings. The number of ether oxygens (including phenoxy) is 1. The minimum atomic E-state index is -0.435. The molecule has 0 aliphatic carbocycles. The molecule has 1 amide bonds. The number of amides is 1. The molecule has 0 spiro atoms. The normalized spacial score (nSPS) is 16.9. The molecule has 0 radical (unpaired) electrons. The summed E-state index contributed by atoms with van der Waals surface area (Å²) in [5.41, 5.74) is 1.05. The summed E-state index contributed by atoms with van der Waals surface area (Å²) in [6.07, 6.45) is 1.63. The van der Waals surface area contributed by atoms with E-state index in [9.17, 15) is 9.18 Å². The molecular formula is C22H23FN4O3. The van der Waals surface area contributed by atoms with E-state index in [0.29, 0.717) is 24.8 Å². The van der Waals surface area contributed by atoms with E-state index >= 15 is 0 Å². The van der Waals surface area contributed by atoms with Gasteiger partial charge in [0.25, 0.3) is 0 Å². The van der Waals surface area contributed by atoms with Crippen LogP contribution in [0.2, 0.25) is 0 Å². The molecule has 2 heterocycles. The Hall–Kier alpha value is -3.26. The van der Waals surface area contributed by atoms with Crippen molar-refractivity contribution in [1.29, 1.82) is 0 Å². The number of carbonyl (C=O) groups is 1. The third-order valence-corrected chi connectivity index (χ3v) is 5.18. The monoisotopic (exact) mass is 410 g/mol. The number of anilines is 1. The number of nitrogens with zero attached hydrogens (tertiary/aromatic N) is 3. The minimum Gasteiger partial charge on any atom is -0.497 e. The number of benzene rings is 2. The van der Waals surface area contributed by atoms with Crippen LogP contribution in [0.1, 0.15) is 18.7 Å². The number of halogens is 1. The zero-order valence-corrected chi connectivity index (χ0v) is 16.7. The molecule has 3 aromatic rings. The number of piperidine rings is 1. The molecule has 1 unspecified atom stereocenters. The van der Waals surface area contributed by atoms with Crippen molar-refractivity contribution >= 4 is 11.6 Å². The van der Waals surface area contributed by atoms with Crippen molar-refractivity contribution in [3.8, 4) is 17.1 Å². The van der Waals surface area contributed by atoms with Gasteiger partial charge in [0.2, 0.25) is 17.6 Å². The molecule has 1 N–H and O–H groups in total. The molecule has 1 aromatic heterocycles. The first-order valence-corrected chi connectivity index (χ1v) is 9.87. The molecule has 1 aliphatic heterocycles. The summed E-state index contributed by atoms with van der Waals surface area (Å²) in [5.74, 6) is 0.942. The predicted molar refractivity (Wildman–Crippen MR) is 109 cm³/mol. The quantitative estimate of drug-likeness (QED) is 0.667. The van der Waals surface area contributed by atoms with Crippen molar-refractivity contribution in [2.75, 3.05) is 25.5 Å². The van der Waals surface area contributed by atoms with E-state index in [1.807, 2.05) is 24.3 Å². The zero-order valence-electron chi connectivity index (χ0n) is 16.7. The van der Waals surface area contributed by atoms with Gasteiger partial charge in [0.1, 0.15) is 11.6 Å². The Morgan fingerprint density at radius 3 is 2.83 bits per heavy atom. The fourth-order valence-corrected chi connectivity index (χ4v) is 3.58. The molecular weight excluding hydrogens is 387 g/mol. The maximum Gasteiger partial charge on any atom is 0.241 e. The summed E-state index contributed by atoms with van der Waals surface area (Å²) in [5, 5.41) is 6.75. The molecule has 1 fully saturated rings. The Morgan fingerprint density at radius 1 is 1.27 bits per heavy atom. The van der Waals surface area contributed by atoms with Crippen molar-refractivity contribution in [3.63, 3.8) is 0 Å². The summed E-state index contributed by atoms with van der Waals surface area (Å²) < 4.78 is 24.4. The van der Waals surface area contributed by atoms with Gasteiger partial charge in [-0.2, -0.15) is 4.98 Å². The molecule has 1 saturated heterocycles. The standard InChI is InChI=1S/C22H23FN4O3/c1-29-17-10-8-15(9-11-17)21-25-20(30-26-21)14-27-12-4-5-16(13-27)22(28)24-19-7-3-2-6-18(19)23/h2-3,6-11,16H,4-5,12-14H2,1H3,(H,24,28). The van der Waals surface area contributed by atoms with Gasteiger partial charge < -0.3 is 14.6 Å². The Labute approximate surface area is 173 Å². The molecule has 156 valence electrons. The summed E-state index contributed by atoms with van der Waals surface area (Å²) in [4.78, 5) is 19.2. The van der Waals surface area contributed by atoms with Gasteiger partial charge in [-0.1, -0.05) is 17.3 Å². The highest BCUT2D eigenvalue weighted by Gasteiger charge is 2.27. The Kier molecular flexibility index (Phi) is 6.04. The van der Waals surface area contributed by atoms with E-state index in [2.05, 4.69) is 20.4 Å². The van der Waals surface area contributed by atoms with Gasteiger partial charge in [0.05, 0.1) is 25.3 Å². The van der Waals surface area contributed by atoms with E-state index in [0.717, 1.165) is 30.7 Å². The third-order valence-electron chi connectivity index (χ3n) is 5.18. The van der Waals surface area contributed by atoms with Crippen molar-refractivity contribution in [2.24, 2.45) is 5.92 Å². The van der Waals surface area contributed by atoms with E-state index in [1.54, 1.807) is 25.3 Å². The smallest absolute Gasteiger partial charge is 0.241 e. The van der Waals surface area contributed by atoms with E-state index < -0.39 is 5.82 Å². The third kappa shape index (κ3) is 4.65. The maximum absolute atomic E-state index is 13.8. The first kappa shape index (κ1) is 20.0. The average molecular weight is 410 g/mol. The molecule has 8 heteroatoms. The molecule has 4 rings (SSSR count). The first-order chi connectivity index (χ1) is 14.6. The van der Waals surface area contributed by atoms with Crippen LogP contribution >= 0.6 is 0 Å². The lowest BCUT2D eigenvalue weighted by atomic mass is 9.97. The Balaban J connectivity index is 1.36. The van der Waals surface area contributed by atoms with Gasteiger partial charge in [-0.05, 0) is 55.8 Å². The van der Waals surface area contributed by atoms with Gasteiger partial charge in [-0.3, -0.25) is 9.69 Å². The van der Waals surface area contributed by atoms with E-state index in [4.69, 9.17) is 9.26 Å². The summed E-state index contributed by atoms with van der Waals surface area (Å²) in [7, 11) is 1.62. The topological polar surface area (TPSA) is 80.5 Å². The average Bonchev–Trinajstić information content (AvgIpc) is 3.24. The summed E-state index contributed by atoms with van der Waals surface area (Å²) >= 11 is 0. The number of likely N-dealkylation sites (tertiary alicyclic amines) is 1. The second-order valence-corrected chi connectivity index (χ2v) is 7.28. The van der Waals surface area contributed by atoms with E-state index in [-0.39, 0.29) is 17.5 Å². The fourth-order valence-electron chi connectivity index (χ4n) is 3.58.